The van der Waals surface area contributed by atoms with Gasteiger partial charge in [-0.25, -0.2) is 0 Å². The van der Waals surface area contributed by atoms with E-state index in [1.165, 1.54) is 0 Å². The summed E-state index contributed by atoms with van der Waals surface area (Å²) in [6.45, 7) is 0. The van der Waals surface area contributed by atoms with Gasteiger partial charge in [-0.2, -0.15) is 5.26 Å². The molecule has 0 saturated carbocycles. The van der Waals surface area contributed by atoms with Crippen LogP contribution in [0.2, 0.25) is 0 Å². The molecular formula is C9H8ClNO. The Morgan fingerprint density at radius 1 is 1.50 bits per heavy atom. The lowest BCUT2D eigenvalue weighted by Crippen LogP contribution is -1.92. The Labute approximate surface area is 76.3 Å². The van der Waals surface area contributed by atoms with Gasteiger partial charge in [0, 0.05) is 5.56 Å². The van der Waals surface area contributed by atoms with Crippen LogP contribution in [0.5, 0.6) is 5.75 Å². The van der Waals surface area contributed by atoms with Crippen molar-refractivity contribution in [2.75, 3.05) is 7.11 Å². The number of nitriles is 1. The van der Waals surface area contributed by atoms with Crippen molar-refractivity contribution in [2.24, 2.45) is 0 Å². The van der Waals surface area contributed by atoms with E-state index in [9.17, 15) is 0 Å². The number of para-hydroxylation sites is 1. The fourth-order valence-electron chi connectivity index (χ4n) is 0.945. The van der Waals surface area contributed by atoms with E-state index in [-0.39, 0.29) is 0 Å². The summed E-state index contributed by atoms with van der Waals surface area (Å²) < 4.78 is 5.03. The lowest BCUT2D eigenvalue weighted by atomic mass is 10.1. The molecule has 3 heteroatoms. The zero-order valence-corrected chi connectivity index (χ0v) is 7.38. The van der Waals surface area contributed by atoms with Crippen molar-refractivity contribution < 1.29 is 4.74 Å². The number of nitrogens with zero attached hydrogens (tertiary/aromatic N) is 1. The zero-order chi connectivity index (χ0) is 8.97. The molecule has 0 bridgehead atoms. The number of hydrogen-bond donors (Lipinski definition) is 0. The van der Waals surface area contributed by atoms with E-state index in [1.807, 2.05) is 18.2 Å². The number of rotatable bonds is 2. The molecule has 0 radical (unpaired) electrons. The van der Waals surface area contributed by atoms with Crippen LogP contribution in [-0.2, 0) is 0 Å². The van der Waals surface area contributed by atoms with Gasteiger partial charge in [0.2, 0.25) is 0 Å². The largest absolute Gasteiger partial charge is 0.496 e. The molecule has 0 aromatic heterocycles. The molecule has 0 aliphatic rings. The number of halogens is 1. The average molecular weight is 182 g/mol. The molecule has 62 valence electrons. The van der Waals surface area contributed by atoms with E-state index >= 15 is 0 Å². The van der Waals surface area contributed by atoms with Crippen LogP contribution in [-0.4, -0.2) is 7.11 Å². The summed E-state index contributed by atoms with van der Waals surface area (Å²) >= 11 is 5.73. The highest BCUT2D eigenvalue weighted by Gasteiger charge is 2.10. The second-order valence-electron chi connectivity index (χ2n) is 2.23. The first kappa shape index (κ1) is 8.89. The summed E-state index contributed by atoms with van der Waals surface area (Å²) in [7, 11) is 1.56. The summed E-state index contributed by atoms with van der Waals surface area (Å²) in [5, 5.41) is 7.93. The number of methoxy groups -OCH3 is 1. The van der Waals surface area contributed by atoms with E-state index < -0.39 is 5.38 Å². The van der Waals surface area contributed by atoms with E-state index in [4.69, 9.17) is 21.6 Å². The van der Waals surface area contributed by atoms with E-state index in [0.29, 0.717) is 11.3 Å². The minimum atomic E-state index is -0.638. The molecule has 0 unspecified atom stereocenters. The van der Waals surface area contributed by atoms with Crippen molar-refractivity contribution in [1.29, 1.82) is 5.26 Å². The Balaban J connectivity index is 3.06. The molecule has 2 nitrogen and oxygen atoms in total. The fraction of sp³-hybridized carbons (Fsp3) is 0.222. The van der Waals surface area contributed by atoms with E-state index in [2.05, 4.69) is 0 Å². The minimum Gasteiger partial charge on any atom is -0.496 e. The molecular weight excluding hydrogens is 174 g/mol. The first-order valence-electron chi connectivity index (χ1n) is 3.46. The van der Waals surface area contributed by atoms with Crippen molar-refractivity contribution >= 4 is 11.6 Å². The molecule has 0 spiro atoms. The highest BCUT2D eigenvalue weighted by atomic mass is 35.5. The van der Waals surface area contributed by atoms with Crippen LogP contribution in [0.1, 0.15) is 10.9 Å². The van der Waals surface area contributed by atoms with Crippen molar-refractivity contribution in [3.63, 3.8) is 0 Å². The Bertz CT molecular complexity index is 306. The Kier molecular flexibility index (Phi) is 2.95. The Morgan fingerprint density at radius 3 is 2.75 bits per heavy atom. The zero-order valence-electron chi connectivity index (χ0n) is 6.62. The number of ether oxygens (including phenoxy) is 1. The lowest BCUT2D eigenvalue weighted by molar-refractivity contribution is 0.410. The van der Waals surface area contributed by atoms with Gasteiger partial charge in [0.1, 0.15) is 11.1 Å². The van der Waals surface area contributed by atoms with Gasteiger partial charge in [-0.05, 0) is 6.07 Å². The Morgan fingerprint density at radius 2 is 2.17 bits per heavy atom. The number of hydrogen-bond acceptors (Lipinski definition) is 2. The molecule has 1 rings (SSSR count). The van der Waals surface area contributed by atoms with Crippen molar-refractivity contribution in [1.82, 2.24) is 0 Å². The van der Waals surface area contributed by atoms with Gasteiger partial charge in [0.05, 0.1) is 13.2 Å². The van der Waals surface area contributed by atoms with Crippen LogP contribution in [0.4, 0.5) is 0 Å². The van der Waals surface area contributed by atoms with Crippen molar-refractivity contribution in [2.45, 2.75) is 5.38 Å². The SMILES string of the molecule is COc1ccccc1[C@H](Cl)C#N. The summed E-state index contributed by atoms with van der Waals surface area (Å²) in [4.78, 5) is 0. The lowest BCUT2D eigenvalue weighted by Gasteiger charge is -2.06. The standard InChI is InChI=1S/C9H8ClNO/c1-12-9-5-3-2-4-7(9)8(10)6-11/h2-5,8H,1H3/t8-/m1/s1. The van der Waals surface area contributed by atoms with Gasteiger partial charge in [-0.15, -0.1) is 11.6 Å². The number of benzene rings is 1. The highest BCUT2D eigenvalue weighted by Crippen LogP contribution is 2.28. The molecule has 0 aliphatic heterocycles. The first-order valence-corrected chi connectivity index (χ1v) is 3.90. The molecule has 0 fully saturated rings. The first-order chi connectivity index (χ1) is 5.79. The molecule has 0 saturated heterocycles. The van der Waals surface area contributed by atoms with E-state index in [0.717, 1.165) is 0 Å². The third kappa shape index (κ3) is 1.69. The fourth-order valence-corrected chi connectivity index (χ4v) is 1.13. The second-order valence-corrected chi connectivity index (χ2v) is 2.67. The molecule has 1 aromatic rings. The molecule has 0 amide bonds. The Hall–Kier alpha value is -1.20. The van der Waals surface area contributed by atoms with Crippen LogP contribution in [0.25, 0.3) is 0 Å². The summed E-state index contributed by atoms with van der Waals surface area (Å²) in [6, 6.07) is 9.16. The van der Waals surface area contributed by atoms with Crippen LogP contribution < -0.4 is 4.74 Å². The monoisotopic (exact) mass is 181 g/mol. The molecule has 12 heavy (non-hydrogen) atoms. The van der Waals surface area contributed by atoms with Gasteiger partial charge in [-0.1, -0.05) is 18.2 Å². The second kappa shape index (κ2) is 3.99. The number of alkyl halides is 1. The molecule has 1 atom stereocenters. The molecule has 0 N–H and O–H groups in total. The summed E-state index contributed by atoms with van der Waals surface area (Å²) in [6.07, 6.45) is 0. The topological polar surface area (TPSA) is 33.0 Å². The molecule has 0 aliphatic carbocycles. The average Bonchev–Trinajstić information content (AvgIpc) is 2.16. The van der Waals surface area contributed by atoms with Crippen molar-refractivity contribution in [3.05, 3.63) is 29.8 Å². The quantitative estimate of drug-likeness (QED) is 0.657. The maximum Gasteiger partial charge on any atom is 0.149 e. The minimum absolute atomic E-state index is 0.638. The maximum absolute atomic E-state index is 8.57. The predicted octanol–water partition coefficient (Wildman–Crippen LogP) is 2.50. The highest BCUT2D eigenvalue weighted by molar-refractivity contribution is 6.22. The molecule has 0 heterocycles. The van der Waals surface area contributed by atoms with Gasteiger partial charge < -0.3 is 4.74 Å². The van der Waals surface area contributed by atoms with Crippen LogP contribution in [0.15, 0.2) is 24.3 Å². The molecule has 1 aromatic carbocycles. The van der Waals surface area contributed by atoms with Gasteiger partial charge >= 0.3 is 0 Å². The smallest absolute Gasteiger partial charge is 0.149 e. The van der Waals surface area contributed by atoms with Crippen molar-refractivity contribution in [3.8, 4) is 11.8 Å². The predicted molar refractivity (Wildman–Crippen MR) is 47.2 cm³/mol. The summed E-state index contributed by atoms with van der Waals surface area (Å²) in [5.41, 5.74) is 0.712. The normalized spacial score (nSPS) is 11.8. The summed E-state index contributed by atoms with van der Waals surface area (Å²) in [5.74, 6) is 0.652. The van der Waals surface area contributed by atoms with Gasteiger partial charge in [-0.3, -0.25) is 0 Å². The third-order valence-corrected chi connectivity index (χ3v) is 1.86. The van der Waals surface area contributed by atoms with Crippen LogP contribution >= 0.6 is 11.6 Å². The van der Waals surface area contributed by atoms with Gasteiger partial charge in [0.15, 0.2) is 0 Å². The van der Waals surface area contributed by atoms with Gasteiger partial charge in [0.25, 0.3) is 0 Å². The van der Waals surface area contributed by atoms with Crippen LogP contribution in [0.3, 0.4) is 0 Å². The van der Waals surface area contributed by atoms with Crippen LogP contribution in [0, 0.1) is 11.3 Å². The third-order valence-electron chi connectivity index (χ3n) is 1.53. The van der Waals surface area contributed by atoms with E-state index in [1.54, 1.807) is 19.2 Å². The maximum atomic E-state index is 8.57.